The second-order valence-corrected chi connectivity index (χ2v) is 10.1. The lowest BCUT2D eigenvalue weighted by Gasteiger charge is -2.17. The number of carbonyl (C=O) groups is 1. The maximum Gasteiger partial charge on any atom is 0.255 e. The molecule has 1 atom stereocenters. The van der Waals surface area contributed by atoms with E-state index in [0.29, 0.717) is 33.5 Å². The van der Waals surface area contributed by atoms with E-state index in [0.717, 1.165) is 6.26 Å². The number of aromatic amines is 1. The number of hydrogen-bond donors (Lipinski definition) is 2. The van der Waals surface area contributed by atoms with E-state index in [9.17, 15) is 17.6 Å². The first-order chi connectivity index (χ1) is 15.7. The summed E-state index contributed by atoms with van der Waals surface area (Å²) in [5.74, 6) is -0.882. The molecule has 0 fully saturated rings. The zero-order valence-corrected chi connectivity index (χ0v) is 19.1. The maximum absolute atomic E-state index is 13.7. The summed E-state index contributed by atoms with van der Waals surface area (Å²) in [6.07, 6.45) is 4.39. The van der Waals surface area contributed by atoms with Crippen LogP contribution < -0.4 is 5.32 Å². The molecule has 2 N–H and O–H groups in total. The van der Waals surface area contributed by atoms with Crippen molar-refractivity contribution in [2.24, 2.45) is 7.05 Å². The van der Waals surface area contributed by atoms with Crippen molar-refractivity contribution in [3.63, 3.8) is 0 Å². The SMILES string of the molecule is COC[C@@H](CCS(C)(=O)=O)NC(=O)c1c[nH]c2ncc(-c3nn(C)c4cc(F)ccc34)nc12. The average Bonchev–Trinajstić information content (AvgIpc) is 3.32. The van der Waals surface area contributed by atoms with Gasteiger partial charge in [0.2, 0.25) is 0 Å². The van der Waals surface area contributed by atoms with Crippen molar-refractivity contribution < 1.29 is 22.3 Å². The Morgan fingerprint density at radius 2 is 2.15 bits per heavy atom. The van der Waals surface area contributed by atoms with Crippen molar-refractivity contribution >= 4 is 37.8 Å². The lowest BCUT2D eigenvalue weighted by molar-refractivity contribution is 0.0896. The first kappa shape index (κ1) is 22.8. The third-order valence-corrected chi connectivity index (χ3v) is 6.20. The Morgan fingerprint density at radius 1 is 1.36 bits per heavy atom. The van der Waals surface area contributed by atoms with E-state index in [4.69, 9.17) is 4.74 Å². The molecule has 1 aromatic carbocycles. The summed E-state index contributed by atoms with van der Waals surface area (Å²) in [6.45, 7) is 0.164. The molecule has 0 radical (unpaired) electrons. The molecule has 0 unspecified atom stereocenters. The molecule has 33 heavy (non-hydrogen) atoms. The van der Waals surface area contributed by atoms with Crippen LogP contribution in [0.1, 0.15) is 16.8 Å². The first-order valence-corrected chi connectivity index (χ1v) is 12.2. The molecule has 0 aliphatic carbocycles. The molecule has 10 nitrogen and oxygen atoms in total. The Labute approximate surface area is 189 Å². The number of ether oxygens (including phenoxy) is 1. The standard InChI is InChI=1S/C21H23FN6O4S/c1-28-17-8-12(22)4-5-14(17)18(27-28)16-10-24-20-19(26-16)15(9-23-20)21(29)25-13(11-32-2)6-7-33(3,30)31/h4-5,8-10,13H,6-7,11H2,1-3H3,(H,23,24)(H,25,29)/t13-/m1/s1. The fourth-order valence-corrected chi connectivity index (χ4v) is 4.33. The first-order valence-electron chi connectivity index (χ1n) is 10.1. The molecule has 0 aliphatic heterocycles. The van der Waals surface area contributed by atoms with E-state index in [1.165, 1.54) is 31.6 Å². The number of rotatable bonds is 8. The summed E-state index contributed by atoms with van der Waals surface area (Å²) in [4.78, 5) is 24.8. The number of carbonyl (C=O) groups excluding carboxylic acids is 1. The van der Waals surface area contributed by atoms with Crippen LogP contribution in [0.25, 0.3) is 33.5 Å². The molecule has 0 spiro atoms. The smallest absolute Gasteiger partial charge is 0.255 e. The van der Waals surface area contributed by atoms with Gasteiger partial charge in [0.15, 0.2) is 5.65 Å². The van der Waals surface area contributed by atoms with Gasteiger partial charge in [-0.05, 0) is 24.6 Å². The number of hydrogen-bond acceptors (Lipinski definition) is 7. The van der Waals surface area contributed by atoms with Gasteiger partial charge < -0.3 is 15.0 Å². The van der Waals surface area contributed by atoms with E-state index in [-0.39, 0.29) is 30.2 Å². The van der Waals surface area contributed by atoms with Crippen LogP contribution >= 0.6 is 0 Å². The van der Waals surface area contributed by atoms with Gasteiger partial charge in [-0.3, -0.25) is 9.48 Å². The summed E-state index contributed by atoms with van der Waals surface area (Å²) in [7, 11) is 0.000936. The Bertz CT molecular complexity index is 1450. The number of nitrogens with one attached hydrogen (secondary N) is 2. The molecule has 4 aromatic rings. The van der Waals surface area contributed by atoms with Gasteiger partial charge in [-0.25, -0.2) is 22.8 Å². The van der Waals surface area contributed by atoms with Crippen LogP contribution in [-0.2, 0) is 21.6 Å². The van der Waals surface area contributed by atoms with Crippen molar-refractivity contribution in [2.45, 2.75) is 12.5 Å². The van der Waals surface area contributed by atoms with E-state index < -0.39 is 21.8 Å². The topological polar surface area (TPSA) is 132 Å². The highest BCUT2D eigenvalue weighted by Gasteiger charge is 2.21. The molecule has 3 aromatic heterocycles. The van der Waals surface area contributed by atoms with E-state index in [1.54, 1.807) is 17.8 Å². The zero-order chi connectivity index (χ0) is 23.8. The van der Waals surface area contributed by atoms with Gasteiger partial charge in [-0.15, -0.1) is 0 Å². The number of H-pyrrole nitrogens is 1. The molecule has 0 bridgehead atoms. The van der Waals surface area contributed by atoms with Crippen molar-refractivity contribution in [3.8, 4) is 11.4 Å². The Hall–Kier alpha value is -3.38. The maximum atomic E-state index is 13.7. The quantitative estimate of drug-likeness (QED) is 0.398. The fraction of sp³-hybridized carbons (Fsp3) is 0.333. The van der Waals surface area contributed by atoms with Crippen LogP contribution in [0.2, 0.25) is 0 Å². The predicted octanol–water partition coefficient (Wildman–Crippen LogP) is 1.83. The van der Waals surface area contributed by atoms with Crippen LogP contribution in [0.15, 0.2) is 30.6 Å². The van der Waals surface area contributed by atoms with Crippen LogP contribution in [0, 0.1) is 5.82 Å². The Balaban J connectivity index is 1.66. The van der Waals surface area contributed by atoms with Gasteiger partial charge in [0, 0.05) is 32.0 Å². The molecule has 0 saturated heterocycles. The summed E-state index contributed by atoms with van der Waals surface area (Å²) in [6, 6.07) is 3.87. The zero-order valence-electron chi connectivity index (χ0n) is 18.3. The van der Waals surface area contributed by atoms with Crippen LogP contribution in [-0.4, -0.2) is 70.8 Å². The summed E-state index contributed by atoms with van der Waals surface area (Å²) in [5.41, 5.74) is 2.55. The number of fused-ring (bicyclic) bond motifs is 2. The largest absolute Gasteiger partial charge is 0.383 e. The Kier molecular flexibility index (Phi) is 6.13. The molecule has 4 rings (SSSR count). The molecule has 0 saturated carbocycles. The van der Waals surface area contributed by atoms with Crippen LogP contribution in [0.3, 0.4) is 0 Å². The highest BCUT2D eigenvalue weighted by molar-refractivity contribution is 7.90. The third-order valence-electron chi connectivity index (χ3n) is 5.22. The average molecular weight is 475 g/mol. The molecule has 174 valence electrons. The summed E-state index contributed by atoms with van der Waals surface area (Å²) < 4.78 is 43.4. The molecular weight excluding hydrogens is 451 g/mol. The lowest BCUT2D eigenvalue weighted by Crippen LogP contribution is -2.39. The highest BCUT2D eigenvalue weighted by atomic mass is 32.2. The van der Waals surface area contributed by atoms with Gasteiger partial charge in [0.25, 0.3) is 5.91 Å². The third kappa shape index (κ3) is 4.86. The molecule has 1 amide bonds. The van der Waals surface area contributed by atoms with Crippen LogP contribution in [0.5, 0.6) is 0 Å². The van der Waals surface area contributed by atoms with Crippen molar-refractivity contribution in [1.29, 1.82) is 0 Å². The second-order valence-electron chi connectivity index (χ2n) is 7.83. The monoisotopic (exact) mass is 474 g/mol. The molecule has 3 heterocycles. The second kappa shape index (κ2) is 8.87. The van der Waals surface area contributed by atoms with Crippen molar-refractivity contribution in [1.82, 2.24) is 30.0 Å². The number of aryl methyl sites for hydroxylation is 1. The summed E-state index contributed by atoms with van der Waals surface area (Å²) in [5, 5.41) is 7.96. The van der Waals surface area contributed by atoms with Gasteiger partial charge in [-0.2, -0.15) is 5.10 Å². The number of halogens is 1. The van der Waals surface area contributed by atoms with Gasteiger partial charge in [-0.1, -0.05) is 0 Å². The summed E-state index contributed by atoms with van der Waals surface area (Å²) >= 11 is 0. The highest BCUT2D eigenvalue weighted by Crippen LogP contribution is 2.28. The fourth-order valence-electron chi connectivity index (χ4n) is 3.62. The van der Waals surface area contributed by atoms with Crippen LogP contribution in [0.4, 0.5) is 4.39 Å². The number of methoxy groups -OCH3 is 1. The lowest BCUT2D eigenvalue weighted by atomic mass is 10.1. The van der Waals surface area contributed by atoms with E-state index in [2.05, 4.69) is 25.4 Å². The van der Waals surface area contributed by atoms with Gasteiger partial charge in [0.1, 0.15) is 32.6 Å². The number of sulfone groups is 1. The molecular formula is C21H23FN6O4S. The molecule has 0 aliphatic rings. The van der Waals surface area contributed by atoms with Gasteiger partial charge in [0.05, 0.1) is 35.7 Å². The number of amides is 1. The minimum absolute atomic E-state index is 0.0769. The number of aromatic nitrogens is 5. The van der Waals surface area contributed by atoms with Crippen molar-refractivity contribution in [3.05, 3.63) is 42.0 Å². The predicted molar refractivity (Wildman–Crippen MR) is 121 cm³/mol. The minimum Gasteiger partial charge on any atom is -0.383 e. The van der Waals surface area contributed by atoms with E-state index >= 15 is 0 Å². The van der Waals surface area contributed by atoms with Crippen molar-refractivity contribution in [2.75, 3.05) is 25.7 Å². The Morgan fingerprint density at radius 3 is 2.88 bits per heavy atom. The minimum atomic E-state index is -3.18. The van der Waals surface area contributed by atoms with E-state index in [1.807, 2.05) is 0 Å². The molecule has 12 heteroatoms. The normalized spacial score (nSPS) is 13.0. The van der Waals surface area contributed by atoms with Gasteiger partial charge >= 0.3 is 0 Å². The number of nitrogens with zero attached hydrogens (tertiary/aromatic N) is 4. The number of benzene rings is 1.